The molecule has 1 aliphatic heterocycles. The van der Waals surface area contributed by atoms with Crippen LogP contribution in [0.2, 0.25) is 0 Å². The Kier molecular flexibility index (Phi) is 5.62. The molecule has 3 heterocycles. The summed E-state index contributed by atoms with van der Waals surface area (Å²) in [4.78, 5) is 6.34. The minimum absolute atomic E-state index is 0.0204. The Morgan fingerprint density at radius 3 is 2.53 bits per heavy atom. The molecule has 5 nitrogen and oxygen atoms in total. The van der Waals surface area contributed by atoms with E-state index >= 15 is 4.39 Å². The maximum Gasteiger partial charge on any atom is 0.404 e. The van der Waals surface area contributed by atoms with Crippen molar-refractivity contribution >= 4 is 28.2 Å². The molecule has 36 heavy (non-hydrogen) atoms. The molecule has 0 atom stereocenters. The minimum Gasteiger partial charge on any atom is -0.325 e. The molecule has 0 N–H and O–H groups in total. The SMILES string of the molecule is Cc1nnc2nc(N3CCCCc4c(C#CC(C)(C)C(F)(F)F)cccc43)c3c(F)c(F)ccc3n12. The van der Waals surface area contributed by atoms with Gasteiger partial charge >= 0.3 is 6.18 Å². The van der Waals surface area contributed by atoms with Crippen molar-refractivity contribution in [2.75, 3.05) is 11.4 Å². The maximum absolute atomic E-state index is 15.3. The minimum atomic E-state index is -4.48. The highest BCUT2D eigenvalue weighted by Crippen LogP contribution is 2.40. The number of benzene rings is 2. The molecule has 2 aromatic carbocycles. The molecule has 0 amide bonds. The molecule has 0 unspecified atom stereocenters. The molecule has 0 spiro atoms. The first-order chi connectivity index (χ1) is 17.0. The van der Waals surface area contributed by atoms with Crippen molar-refractivity contribution in [1.29, 1.82) is 0 Å². The van der Waals surface area contributed by atoms with Gasteiger partial charge in [-0.1, -0.05) is 17.9 Å². The van der Waals surface area contributed by atoms with Crippen molar-refractivity contribution in [3.8, 4) is 11.8 Å². The highest BCUT2D eigenvalue weighted by molar-refractivity contribution is 5.94. The lowest BCUT2D eigenvalue weighted by Crippen LogP contribution is -2.30. The molecular weight excluding hydrogens is 477 g/mol. The largest absolute Gasteiger partial charge is 0.404 e. The van der Waals surface area contributed by atoms with Gasteiger partial charge in [0, 0.05) is 17.8 Å². The quantitative estimate of drug-likeness (QED) is 0.229. The van der Waals surface area contributed by atoms with Crippen LogP contribution in [0.25, 0.3) is 16.7 Å². The highest BCUT2D eigenvalue weighted by Gasteiger charge is 2.46. The van der Waals surface area contributed by atoms with Gasteiger partial charge in [-0.05, 0) is 69.9 Å². The van der Waals surface area contributed by atoms with Crippen molar-refractivity contribution in [3.63, 3.8) is 0 Å². The van der Waals surface area contributed by atoms with E-state index in [-0.39, 0.29) is 17.0 Å². The third kappa shape index (κ3) is 3.83. The summed E-state index contributed by atoms with van der Waals surface area (Å²) in [6, 6.07) is 7.68. The summed E-state index contributed by atoms with van der Waals surface area (Å²) < 4.78 is 71.4. The summed E-state index contributed by atoms with van der Waals surface area (Å²) in [7, 11) is 0. The molecule has 0 saturated heterocycles. The Morgan fingerprint density at radius 1 is 1.00 bits per heavy atom. The summed E-state index contributed by atoms with van der Waals surface area (Å²) in [5.74, 6) is 3.93. The van der Waals surface area contributed by atoms with Crippen LogP contribution in [0.1, 0.15) is 43.6 Å². The van der Waals surface area contributed by atoms with Crippen LogP contribution >= 0.6 is 0 Å². The normalized spacial score (nSPS) is 14.5. The van der Waals surface area contributed by atoms with E-state index in [4.69, 9.17) is 0 Å². The van der Waals surface area contributed by atoms with Crippen LogP contribution < -0.4 is 4.90 Å². The number of hydrogen-bond donors (Lipinski definition) is 0. The van der Waals surface area contributed by atoms with E-state index in [9.17, 15) is 17.6 Å². The zero-order chi connectivity index (χ0) is 25.8. The number of anilines is 2. The number of alkyl halides is 3. The average molecular weight is 499 g/mol. The first kappa shape index (κ1) is 24.0. The molecule has 0 bridgehead atoms. The fraction of sp³-hybridized carbons (Fsp3) is 0.346. The van der Waals surface area contributed by atoms with Gasteiger partial charge in [-0.3, -0.25) is 4.40 Å². The number of aromatic nitrogens is 4. The second kappa shape index (κ2) is 8.43. The van der Waals surface area contributed by atoms with Crippen LogP contribution in [-0.2, 0) is 6.42 Å². The van der Waals surface area contributed by atoms with Gasteiger partial charge in [-0.2, -0.15) is 18.2 Å². The van der Waals surface area contributed by atoms with Crippen LogP contribution in [0.15, 0.2) is 30.3 Å². The Morgan fingerprint density at radius 2 is 1.78 bits per heavy atom. The van der Waals surface area contributed by atoms with E-state index < -0.39 is 23.2 Å². The standard InChI is InChI=1S/C26H22F5N5/c1-15-33-34-24-32-23(21-20(36(15)24)11-10-18(27)22(21)28)35-14-5-4-8-17-16(7-6-9-19(17)35)12-13-25(2,3)26(29,30)31/h6-7,9-11H,4-5,8,14H2,1-3H3. The van der Waals surface area contributed by atoms with Gasteiger partial charge in [-0.25, -0.2) is 8.78 Å². The van der Waals surface area contributed by atoms with Gasteiger partial charge in [0.15, 0.2) is 11.6 Å². The molecule has 10 heteroatoms. The van der Waals surface area contributed by atoms with Gasteiger partial charge in [0.2, 0.25) is 0 Å². The monoisotopic (exact) mass is 499 g/mol. The van der Waals surface area contributed by atoms with Gasteiger partial charge in [0.1, 0.15) is 17.1 Å². The van der Waals surface area contributed by atoms with Gasteiger partial charge in [0.25, 0.3) is 5.78 Å². The summed E-state index contributed by atoms with van der Waals surface area (Å²) in [5.41, 5.74) is 0.0267. The molecule has 0 fully saturated rings. The smallest absolute Gasteiger partial charge is 0.325 e. The predicted molar refractivity (Wildman–Crippen MR) is 126 cm³/mol. The van der Waals surface area contributed by atoms with E-state index in [0.29, 0.717) is 42.0 Å². The molecule has 186 valence electrons. The van der Waals surface area contributed by atoms with E-state index in [0.717, 1.165) is 31.9 Å². The molecule has 0 radical (unpaired) electrons. The summed E-state index contributed by atoms with van der Waals surface area (Å²) >= 11 is 0. The van der Waals surface area contributed by atoms with E-state index in [2.05, 4.69) is 27.0 Å². The van der Waals surface area contributed by atoms with E-state index in [1.54, 1.807) is 34.4 Å². The molecule has 4 aromatic rings. The highest BCUT2D eigenvalue weighted by atomic mass is 19.4. The van der Waals surface area contributed by atoms with Gasteiger partial charge in [-0.15, -0.1) is 10.2 Å². The molecule has 0 saturated carbocycles. The van der Waals surface area contributed by atoms with E-state index in [1.807, 2.05) is 0 Å². The Balaban J connectivity index is 1.74. The third-order valence-electron chi connectivity index (χ3n) is 6.53. The van der Waals surface area contributed by atoms with Gasteiger partial charge in [0.05, 0.1) is 10.9 Å². The molecule has 2 aromatic heterocycles. The first-order valence-electron chi connectivity index (χ1n) is 11.5. The molecular formula is C26H22F5N5. The number of hydrogen-bond acceptors (Lipinski definition) is 4. The number of fused-ring (bicyclic) bond motifs is 4. The topological polar surface area (TPSA) is 46.3 Å². The van der Waals surface area contributed by atoms with E-state index in [1.165, 1.54) is 6.07 Å². The summed E-state index contributed by atoms with van der Waals surface area (Å²) in [6.45, 7) is 4.21. The predicted octanol–water partition coefficient (Wildman–Crippen LogP) is 6.28. The first-order valence-corrected chi connectivity index (χ1v) is 11.5. The fourth-order valence-electron chi connectivity index (χ4n) is 4.41. The van der Waals surface area contributed by atoms with Crippen molar-refractivity contribution in [3.05, 3.63) is 58.9 Å². The zero-order valence-corrected chi connectivity index (χ0v) is 19.8. The third-order valence-corrected chi connectivity index (χ3v) is 6.53. The number of nitrogens with zero attached hydrogens (tertiary/aromatic N) is 5. The van der Waals surface area contributed by atoms with Crippen molar-refractivity contribution < 1.29 is 22.0 Å². The molecule has 1 aliphatic rings. The number of halogens is 5. The zero-order valence-electron chi connectivity index (χ0n) is 19.8. The van der Waals surface area contributed by atoms with Crippen LogP contribution in [-0.4, -0.2) is 32.3 Å². The van der Waals surface area contributed by atoms with Crippen LogP contribution in [0.3, 0.4) is 0 Å². The van der Waals surface area contributed by atoms with Crippen molar-refractivity contribution in [1.82, 2.24) is 19.6 Å². The lowest BCUT2D eigenvalue weighted by molar-refractivity contribution is -0.190. The lowest BCUT2D eigenvalue weighted by atomic mass is 9.92. The van der Waals surface area contributed by atoms with Crippen LogP contribution in [0.4, 0.5) is 33.5 Å². The maximum atomic E-state index is 15.3. The number of rotatable bonds is 1. The number of aryl methyl sites for hydroxylation is 1. The second-order valence-corrected chi connectivity index (χ2v) is 9.36. The summed E-state index contributed by atoms with van der Waals surface area (Å²) in [6.07, 6.45) is -2.46. The Hall–Kier alpha value is -3.74. The molecule has 0 aliphatic carbocycles. The lowest BCUT2D eigenvalue weighted by Gasteiger charge is -2.26. The van der Waals surface area contributed by atoms with Crippen LogP contribution in [0, 0.1) is 35.8 Å². The van der Waals surface area contributed by atoms with Crippen molar-refractivity contribution in [2.45, 2.75) is 46.2 Å². The van der Waals surface area contributed by atoms with Crippen LogP contribution in [0.5, 0.6) is 0 Å². The van der Waals surface area contributed by atoms with Gasteiger partial charge < -0.3 is 4.90 Å². The molecule has 5 rings (SSSR count). The fourth-order valence-corrected chi connectivity index (χ4v) is 4.41. The Labute approximate surface area is 204 Å². The second-order valence-electron chi connectivity index (χ2n) is 9.36. The average Bonchev–Trinajstić information content (AvgIpc) is 3.06. The Bertz CT molecular complexity index is 1560. The van der Waals surface area contributed by atoms with Crippen molar-refractivity contribution in [2.24, 2.45) is 5.41 Å². The summed E-state index contributed by atoms with van der Waals surface area (Å²) in [5, 5.41) is 8.10.